The summed E-state index contributed by atoms with van der Waals surface area (Å²) >= 11 is 0. The Kier molecular flexibility index (Phi) is 6.09. The molecule has 0 N–H and O–H groups in total. The number of benzene rings is 6. The van der Waals surface area contributed by atoms with Gasteiger partial charge >= 0.3 is 0 Å². The van der Waals surface area contributed by atoms with Crippen LogP contribution in [0.2, 0.25) is 0 Å². The lowest BCUT2D eigenvalue weighted by molar-refractivity contribution is 0.360. The molecule has 5 nitrogen and oxygen atoms in total. The van der Waals surface area contributed by atoms with E-state index in [2.05, 4.69) is 68.4 Å². The van der Waals surface area contributed by atoms with Crippen LogP contribution in [0.15, 0.2) is 140 Å². The fraction of sp³-hybridized carbons (Fsp3) is 0.0714. The van der Waals surface area contributed by atoms with Gasteiger partial charge in [-0.05, 0) is 52.1 Å². The van der Waals surface area contributed by atoms with Crippen LogP contribution in [-0.4, -0.2) is 15.0 Å². The fourth-order valence-electron chi connectivity index (χ4n) is 6.85. The first-order valence-electron chi connectivity index (χ1n) is 15.8. The molecule has 0 radical (unpaired) electrons. The van der Waals surface area contributed by atoms with Crippen LogP contribution in [0, 0.1) is 0 Å². The molecule has 0 saturated heterocycles. The highest BCUT2D eigenvalue weighted by Crippen LogP contribution is 2.58. The van der Waals surface area contributed by atoms with Gasteiger partial charge in [0.05, 0.1) is 0 Å². The van der Waals surface area contributed by atoms with E-state index in [1.54, 1.807) is 0 Å². The van der Waals surface area contributed by atoms with Crippen molar-refractivity contribution in [3.05, 3.63) is 151 Å². The SMILES string of the molecule is CC1(C)c2ccccc2-c2c1ccc1c2Oc2ccc(-c3nc(-c4ccccc4)nc(-c4ccccc4-c4ccccc4)n3)cc2O1. The molecule has 0 atom stereocenters. The number of rotatable bonds is 4. The Bertz CT molecular complexity index is 2330. The molecule has 1 aromatic heterocycles. The Balaban J connectivity index is 1.15. The van der Waals surface area contributed by atoms with Crippen molar-refractivity contribution in [1.29, 1.82) is 0 Å². The van der Waals surface area contributed by atoms with Gasteiger partial charge in [-0.2, -0.15) is 0 Å². The highest BCUT2D eigenvalue weighted by molar-refractivity contribution is 5.88. The minimum Gasteiger partial charge on any atom is -0.449 e. The molecular formula is C42H29N3O2. The third kappa shape index (κ3) is 4.43. The van der Waals surface area contributed by atoms with Gasteiger partial charge in [-0.25, -0.2) is 15.0 Å². The Morgan fingerprint density at radius 3 is 1.79 bits per heavy atom. The van der Waals surface area contributed by atoms with Crippen molar-refractivity contribution in [2.75, 3.05) is 0 Å². The summed E-state index contributed by atoms with van der Waals surface area (Å²) in [6, 6.07) is 47.2. The highest BCUT2D eigenvalue weighted by Gasteiger charge is 2.39. The molecule has 0 fully saturated rings. The summed E-state index contributed by atoms with van der Waals surface area (Å²) in [6.07, 6.45) is 0. The van der Waals surface area contributed by atoms with Crippen molar-refractivity contribution in [3.8, 4) is 79.4 Å². The van der Waals surface area contributed by atoms with Crippen molar-refractivity contribution in [2.24, 2.45) is 0 Å². The van der Waals surface area contributed by atoms with E-state index in [0.717, 1.165) is 39.1 Å². The van der Waals surface area contributed by atoms with E-state index >= 15 is 0 Å². The number of aromatic nitrogens is 3. The lowest BCUT2D eigenvalue weighted by Gasteiger charge is -2.25. The Morgan fingerprint density at radius 1 is 0.426 bits per heavy atom. The van der Waals surface area contributed by atoms with Gasteiger partial charge in [0.15, 0.2) is 40.5 Å². The Labute approximate surface area is 273 Å². The van der Waals surface area contributed by atoms with Crippen molar-refractivity contribution < 1.29 is 9.47 Å². The highest BCUT2D eigenvalue weighted by atomic mass is 16.6. The van der Waals surface area contributed by atoms with Crippen LogP contribution in [0.4, 0.5) is 0 Å². The molecule has 0 saturated carbocycles. The third-order valence-corrected chi connectivity index (χ3v) is 9.22. The molecule has 224 valence electrons. The van der Waals surface area contributed by atoms with Crippen LogP contribution in [0.3, 0.4) is 0 Å². The van der Waals surface area contributed by atoms with Crippen LogP contribution in [-0.2, 0) is 5.41 Å². The van der Waals surface area contributed by atoms with Crippen LogP contribution in [0.5, 0.6) is 23.0 Å². The summed E-state index contributed by atoms with van der Waals surface area (Å²) in [5.41, 5.74) is 9.51. The molecule has 1 aliphatic heterocycles. The van der Waals surface area contributed by atoms with Gasteiger partial charge < -0.3 is 9.47 Å². The molecule has 7 aromatic rings. The second-order valence-corrected chi connectivity index (χ2v) is 12.4. The van der Waals surface area contributed by atoms with E-state index in [4.69, 9.17) is 24.4 Å². The summed E-state index contributed by atoms with van der Waals surface area (Å²) in [5, 5.41) is 0. The maximum Gasteiger partial charge on any atom is 0.178 e. The van der Waals surface area contributed by atoms with E-state index in [9.17, 15) is 0 Å². The largest absolute Gasteiger partial charge is 0.449 e. The van der Waals surface area contributed by atoms with Crippen LogP contribution in [0.1, 0.15) is 25.0 Å². The maximum atomic E-state index is 6.63. The molecule has 2 aliphatic rings. The van der Waals surface area contributed by atoms with E-state index in [1.165, 1.54) is 16.7 Å². The van der Waals surface area contributed by atoms with E-state index in [0.29, 0.717) is 34.7 Å². The fourth-order valence-corrected chi connectivity index (χ4v) is 6.85. The van der Waals surface area contributed by atoms with E-state index in [-0.39, 0.29) is 5.41 Å². The van der Waals surface area contributed by atoms with Gasteiger partial charge in [0.25, 0.3) is 0 Å². The van der Waals surface area contributed by atoms with Crippen molar-refractivity contribution in [2.45, 2.75) is 19.3 Å². The van der Waals surface area contributed by atoms with Gasteiger partial charge in [0.2, 0.25) is 0 Å². The molecule has 0 amide bonds. The summed E-state index contributed by atoms with van der Waals surface area (Å²) < 4.78 is 13.2. The van der Waals surface area contributed by atoms with Gasteiger partial charge in [0, 0.05) is 27.7 Å². The normalized spacial score (nSPS) is 13.4. The lowest BCUT2D eigenvalue weighted by atomic mass is 9.82. The predicted molar refractivity (Wildman–Crippen MR) is 186 cm³/mol. The second kappa shape index (κ2) is 10.5. The predicted octanol–water partition coefficient (Wildman–Crippen LogP) is 10.7. The Morgan fingerprint density at radius 2 is 1.02 bits per heavy atom. The van der Waals surface area contributed by atoms with E-state index < -0.39 is 0 Å². The molecule has 1 aliphatic carbocycles. The van der Waals surface area contributed by atoms with E-state index in [1.807, 2.05) is 84.9 Å². The average molecular weight is 608 g/mol. The quantitative estimate of drug-likeness (QED) is 0.199. The molecule has 5 heteroatoms. The standard InChI is InChI=1S/C42H29N3O2/c1-42(2)32-20-12-11-19-31(32)37-33(42)22-24-35-38(37)47-34-23-21-28(25-36(34)46-35)40-43-39(27-15-7-4-8-16-27)44-41(45-40)30-18-10-9-17-29(30)26-13-5-3-6-14-26/h3-25H,1-2H3. The topological polar surface area (TPSA) is 57.1 Å². The maximum absolute atomic E-state index is 6.63. The minimum absolute atomic E-state index is 0.125. The van der Waals surface area contributed by atoms with Gasteiger partial charge in [-0.15, -0.1) is 0 Å². The van der Waals surface area contributed by atoms with Crippen LogP contribution >= 0.6 is 0 Å². The molecular weight excluding hydrogens is 578 g/mol. The van der Waals surface area contributed by atoms with Gasteiger partial charge in [0.1, 0.15) is 0 Å². The first-order chi connectivity index (χ1) is 23.0. The van der Waals surface area contributed by atoms with Gasteiger partial charge in [-0.1, -0.05) is 129 Å². The molecule has 2 heterocycles. The third-order valence-electron chi connectivity index (χ3n) is 9.22. The Hall–Kier alpha value is -6.07. The zero-order valence-electron chi connectivity index (χ0n) is 25.9. The molecule has 9 rings (SSSR count). The monoisotopic (exact) mass is 607 g/mol. The summed E-state index contributed by atoms with van der Waals surface area (Å²) in [7, 11) is 0. The number of fused-ring (bicyclic) bond motifs is 6. The molecule has 0 bridgehead atoms. The average Bonchev–Trinajstić information content (AvgIpc) is 3.37. The minimum atomic E-state index is -0.125. The molecule has 6 aromatic carbocycles. The lowest BCUT2D eigenvalue weighted by Crippen LogP contribution is -2.15. The molecule has 47 heavy (non-hydrogen) atoms. The second-order valence-electron chi connectivity index (χ2n) is 12.4. The summed E-state index contributed by atoms with van der Waals surface area (Å²) in [6.45, 7) is 4.53. The number of nitrogens with zero attached hydrogens (tertiary/aromatic N) is 3. The van der Waals surface area contributed by atoms with Crippen molar-refractivity contribution >= 4 is 0 Å². The zero-order chi connectivity index (χ0) is 31.5. The smallest absolute Gasteiger partial charge is 0.178 e. The van der Waals surface area contributed by atoms with Gasteiger partial charge in [-0.3, -0.25) is 0 Å². The van der Waals surface area contributed by atoms with Crippen molar-refractivity contribution in [3.63, 3.8) is 0 Å². The van der Waals surface area contributed by atoms with Crippen LogP contribution < -0.4 is 9.47 Å². The summed E-state index contributed by atoms with van der Waals surface area (Å²) in [5.74, 6) is 4.48. The summed E-state index contributed by atoms with van der Waals surface area (Å²) in [4.78, 5) is 15.0. The number of hydrogen-bond acceptors (Lipinski definition) is 5. The number of ether oxygens (including phenoxy) is 2. The first kappa shape index (κ1) is 27.3. The molecule has 0 spiro atoms. The molecule has 0 unspecified atom stereocenters. The van der Waals surface area contributed by atoms with Crippen molar-refractivity contribution in [1.82, 2.24) is 15.0 Å². The first-order valence-corrected chi connectivity index (χ1v) is 15.8. The number of hydrogen-bond donors (Lipinski definition) is 0. The van der Waals surface area contributed by atoms with Crippen LogP contribution in [0.25, 0.3) is 56.4 Å². The zero-order valence-corrected chi connectivity index (χ0v) is 25.9.